The van der Waals surface area contributed by atoms with Crippen LogP contribution >= 0.6 is 27.5 Å². The Morgan fingerprint density at radius 3 is 2.47 bits per heavy atom. The molecule has 0 radical (unpaired) electrons. The third-order valence-corrected chi connectivity index (χ3v) is 3.12. The molecule has 0 unspecified atom stereocenters. The van der Waals surface area contributed by atoms with Crippen molar-refractivity contribution in [2.24, 2.45) is 0 Å². The van der Waals surface area contributed by atoms with Gasteiger partial charge in [-0.3, -0.25) is 4.98 Å². The van der Waals surface area contributed by atoms with E-state index in [9.17, 15) is 0 Å². The van der Waals surface area contributed by atoms with Crippen LogP contribution < -0.4 is 5.73 Å². The monoisotopic (exact) mass is 282 g/mol. The third-order valence-electron chi connectivity index (χ3n) is 2.04. The Morgan fingerprint density at radius 1 is 1.13 bits per heavy atom. The molecule has 0 fully saturated rings. The number of halogens is 2. The molecule has 4 heteroatoms. The van der Waals surface area contributed by atoms with E-state index < -0.39 is 0 Å². The fourth-order valence-corrected chi connectivity index (χ4v) is 1.86. The highest BCUT2D eigenvalue weighted by atomic mass is 79.9. The van der Waals surface area contributed by atoms with Crippen LogP contribution in [0.3, 0.4) is 0 Å². The third kappa shape index (κ3) is 2.13. The summed E-state index contributed by atoms with van der Waals surface area (Å²) in [6.45, 7) is 0. The molecule has 0 amide bonds. The molecule has 0 saturated heterocycles. The fraction of sp³-hybridized carbons (Fsp3) is 0. The lowest BCUT2D eigenvalue weighted by Crippen LogP contribution is -1.91. The van der Waals surface area contributed by atoms with Crippen molar-refractivity contribution in [1.82, 2.24) is 4.98 Å². The van der Waals surface area contributed by atoms with Crippen LogP contribution in [0.5, 0.6) is 0 Å². The quantitative estimate of drug-likeness (QED) is 0.866. The predicted octanol–water partition coefficient (Wildman–Crippen LogP) is 3.75. The molecule has 15 heavy (non-hydrogen) atoms. The van der Waals surface area contributed by atoms with Gasteiger partial charge in [-0.2, -0.15) is 0 Å². The average Bonchev–Trinajstić information content (AvgIpc) is 2.24. The van der Waals surface area contributed by atoms with Crippen LogP contribution in [-0.4, -0.2) is 4.98 Å². The predicted molar refractivity (Wildman–Crippen MR) is 66.8 cm³/mol. The Bertz CT molecular complexity index is 482. The molecule has 2 N–H and O–H groups in total. The zero-order valence-corrected chi connectivity index (χ0v) is 10.1. The second-order valence-electron chi connectivity index (χ2n) is 3.07. The maximum Gasteiger partial charge on any atom is 0.0864 e. The van der Waals surface area contributed by atoms with Gasteiger partial charge in [-0.05, 0) is 34.1 Å². The Morgan fingerprint density at radius 2 is 1.80 bits per heavy atom. The van der Waals surface area contributed by atoms with Crippen molar-refractivity contribution >= 4 is 33.2 Å². The minimum atomic E-state index is 0.676. The van der Waals surface area contributed by atoms with Gasteiger partial charge in [-0.15, -0.1) is 0 Å². The number of nitrogens with zero attached hydrogens (tertiary/aromatic N) is 1. The van der Waals surface area contributed by atoms with Crippen molar-refractivity contribution in [1.29, 1.82) is 0 Å². The molecule has 0 aliphatic carbocycles. The van der Waals surface area contributed by atoms with Crippen LogP contribution in [0.2, 0.25) is 5.02 Å². The Hall–Kier alpha value is -1.06. The molecule has 0 spiro atoms. The molecule has 0 saturated carbocycles. The van der Waals surface area contributed by atoms with E-state index >= 15 is 0 Å². The van der Waals surface area contributed by atoms with Crippen LogP contribution in [-0.2, 0) is 0 Å². The molecule has 0 aliphatic rings. The van der Waals surface area contributed by atoms with E-state index in [1.165, 1.54) is 0 Å². The van der Waals surface area contributed by atoms with Gasteiger partial charge in [-0.25, -0.2) is 0 Å². The van der Waals surface area contributed by atoms with Gasteiger partial charge in [0.15, 0.2) is 0 Å². The van der Waals surface area contributed by atoms with E-state index in [-0.39, 0.29) is 0 Å². The number of rotatable bonds is 1. The van der Waals surface area contributed by atoms with E-state index in [0.717, 1.165) is 15.7 Å². The number of benzene rings is 1. The summed E-state index contributed by atoms with van der Waals surface area (Å²) in [5.74, 6) is 0. The molecule has 0 atom stereocenters. The van der Waals surface area contributed by atoms with Crippen molar-refractivity contribution < 1.29 is 0 Å². The first-order chi connectivity index (χ1) is 7.18. The van der Waals surface area contributed by atoms with Crippen molar-refractivity contribution in [2.75, 3.05) is 5.73 Å². The van der Waals surface area contributed by atoms with Crippen LogP contribution in [0.4, 0.5) is 5.69 Å². The fourth-order valence-electron chi connectivity index (χ4n) is 1.27. The maximum absolute atomic E-state index is 5.81. The number of hydrogen-bond donors (Lipinski definition) is 1. The molecule has 76 valence electrons. The highest BCUT2D eigenvalue weighted by Gasteiger charge is 2.06. The first-order valence-electron chi connectivity index (χ1n) is 4.34. The molecule has 1 aromatic carbocycles. The van der Waals surface area contributed by atoms with E-state index in [1.54, 1.807) is 12.3 Å². The van der Waals surface area contributed by atoms with Gasteiger partial charge in [0.25, 0.3) is 0 Å². The lowest BCUT2D eigenvalue weighted by molar-refractivity contribution is 1.31. The summed E-state index contributed by atoms with van der Waals surface area (Å²) in [6.07, 6.45) is 1.68. The molecule has 2 aromatic rings. The van der Waals surface area contributed by atoms with Crippen LogP contribution in [0.1, 0.15) is 0 Å². The number of hydrogen-bond acceptors (Lipinski definition) is 2. The highest BCUT2D eigenvalue weighted by Crippen LogP contribution is 2.30. The van der Waals surface area contributed by atoms with Gasteiger partial charge in [0.05, 0.1) is 10.2 Å². The zero-order chi connectivity index (χ0) is 10.8. The number of nitrogens with two attached hydrogens (primary N) is 1. The molecule has 0 aliphatic heterocycles. The molecular weight excluding hydrogens is 275 g/mol. The van der Waals surface area contributed by atoms with Crippen molar-refractivity contribution in [3.8, 4) is 11.3 Å². The Kier molecular flexibility index (Phi) is 2.93. The summed E-state index contributed by atoms with van der Waals surface area (Å²) in [5, 5.41) is 0.707. The summed E-state index contributed by atoms with van der Waals surface area (Å²) in [6, 6.07) is 9.23. The van der Waals surface area contributed by atoms with E-state index in [2.05, 4.69) is 20.9 Å². The Balaban J connectivity index is 2.54. The molecule has 0 bridgehead atoms. The summed E-state index contributed by atoms with van der Waals surface area (Å²) in [4.78, 5) is 4.27. The smallest absolute Gasteiger partial charge is 0.0864 e. The number of aromatic nitrogens is 1. The van der Waals surface area contributed by atoms with E-state index in [0.29, 0.717) is 10.7 Å². The van der Waals surface area contributed by atoms with Crippen molar-refractivity contribution in [3.63, 3.8) is 0 Å². The van der Waals surface area contributed by atoms with Crippen molar-refractivity contribution in [3.05, 3.63) is 46.0 Å². The van der Waals surface area contributed by atoms with Gasteiger partial charge in [-0.1, -0.05) is 23.7 Å². The molecule has 1 aromatic heterocycles. The van der Waals surface area contributed by atoms with Crippen molar-refractivity contribution in [2.45, 2.75) is 0 Å². The molecule has 1 heterocycles. The molecule has 2 nitrogen and oxygen atoms in total. The lowest BCUT2D eigenvalue weighted by Gasteiger charge is -2.05. The van der Waals surface area contributed by atoms with Gasteiger partial charge < -0.3 is 5.73 Å². The topological polar surface area (TPSA) is 38.9 Å². The first-order valence-corrected chi connectivity index (χ1v) is 5.51. The zero-order valence-electron chi connectivity index (χ0n) is 7.74. The molecule has 2 rings (SSSR count). The number of pyridine rings is 1. The van der Waals surface area contributed by atoms with E-state index in [4.69, 9.17) is 17.3 Å². The lowest BCUT2D eigenvalue weighted by atomic mass is 10.1. The highest BCUT2D eigenvalue weighted by molar-refractivity contribution is 9.10. The SMILES string of the molecule is Nc1ccnc(-c2ccc(Cl)cc2)c1Br. The van der Waals surface area contributed by atoms with Crippen LogP contribution in [0.15, 0.2) is 41.0 Å². The normalized spacial score (nSPS) is 10.3. The summed E-state index contributed by atoms with van der Waals surface area (Å²) < 4.78 is 0.812. The average molecular weight is 284 g/mol. The first kappa shape index (κ1) is 10.5. The second-order valence-corrected chi connectivity index (χ2v) is 4.30. The van der Waals surface area contributed by atoms with Gasteiger partial charge in [0, 0.05) is 22.5 Å². The molecular formula is C11H8BrClN2. The van der Waals surface area contributed by atoms with Gasteiger partial charge in [0.1, 0.15) is 0 Å². The van der Waals surface area contributed by atoms with E-state index in [1.807, 2.05) is 24.3 Å². The van der Waals surface area contributed by atoms with Gasteiger partial charge in [0.2, 0.25) is 0 Å². The van der Waals surface area contributed by atoms with Crippen LogP contribution in [0, 0.1) is 0 Å². The summed E-state index contributed by atoms with van der Waals surface area (Å²) >= 11 is 9.23. The minimum Gasteiger partial charge on any atom is -0.398 e. The number of nitrogen functional groups attached to an aromatic ring is 1. The number of anilines is 1. The Labute approximate surface area is 101 Å². The maximum atomic E-state index is 5.81. The van der Waals surface area contributed by atoms with Crippen LogP contribution in [0.25, 0.3) is 11.3 Å². The minimum absolute atomic E-state index is 0.676. The summed E-state index contributed by atoms with van der Waals surface area (Å²) in [5.41, 5.74) is 8.26. The second kappa shape index (κ2) is 4.21. The summed E-state index contributed by atoms with van der Waals surface area (Å²) in [7, 11) is 0. The largest absolute Gasteiger partial charge is 0.398 e. The standard InChI is InChI=1S/C11H8BrClN2/c12-10-9(14)5-6-15-11(10)7-1-3-8(13)4-2-7/h1-6H,(H2,14,15). The van der Waals surface area contributed by atoms with Gasteiger partial charge >= 0.3 is 0 Å².